The van der Waals surface area contributed by atoms with E-state index >= 15 is 0 Å². The first kappa shape index (κ1) is 13.2. The molecule has 2 N–H and O–H groups in total. The Morgan fingerprint density at radius 3 is 2.50 bits per heavy atom. The molecule has 0 atom stereocenters. The third kappa shape index (κ3) is 2.20. The van der Waals surface area contributed by atoms with E-state index in [2.05, 4.69) is 11.9 Å². The zero-order valence-electron chi connectivity index (χ0n) is 10.4. The summed E-state index contributed by atoms with van der Waals surface area (Å²) in [5, 5.41) is 1.17. The molecule has 1 aromatic carbocycles. The van der Waals surface area contributed by atoms with E-state index in [0.29, 0.717) is 15.9 Å². The average Bonchev–Trinajstić information content (AvgIpc) is 2.66. The van der Waals surface area contributed by atoms with E-state index in [0.717, 1.165) is 30.0 Å². The number of nitrogens with two attached hydrogens (primary N) is 1. The normalized spacial score (nSPS) is 10.9. The molecule has 0 saturated heterocycles. The van der Waals surface area contributed by atoms with Crippen LogP contribution in [0.15, 0.2) is 18.2 Å². The number of halogens is 2. The Kier molecular flexibility index (Phi) is 3.83. The van der Waals surface area contributed by atoms with Gasteiger partial charge < -0.3 is 10.3 Å². The van der Waals surface area contributed by atoms with Crippen LogP contribution in [-0.4, -0.2) is 9.55 Å². The predicted molar refractivity (Wildman–Crippen MR) is 77.1 cm³/mol. The molecule has 0 unspecified atom stereocenters. The lowest BCUT2D eigenvalue weighted by Gasteiger charge is -2.05. The van der Waals surface area contributed by atoms with E-state index in [4.69, 9.17) is 28.9 Å². The molecule has 0 bridgehead atoms. The Morgan fingerprint density at radius 1 is 1.28 bits per heavy atom. The monoisotopic (exact) mass is 283 g/mol. The average molecular weight is 284 g/mol. The van der Waals surface area contributed by atoms with Crippen molar-refractivity contribution in [2.75, 3.05) is 5.73 Å². The van der Waals surface area contributed by atoms with Crippen LogP contribution in [0.3, 0.4) is 0 Å². The van der Waals surface area contributed by atoms with Crippen LogP contribution in [0.1, 0.15) is 19.7 Å². The standard InChI is InChI=1S/C13H15Cl2N3/c1-3-11-17-12(13(16)18(11)4-2)9-6-5-8(14)7-10(9)15/h5-7H,3-4,16H2,1-2H3. The van der Waals surface area contributed by atoms with Crippen LogP contribution in [0.4, 0.5) is 5.82 Å². The Hall–Kier alpha value is -1.19. The molecule has 0 aliphatic heterocycles. The topological polar surface area (TPSA) is 43.8 Å². The molecule has 0 saturated carbocycles. The second kappa shape index (κ2) is 5.21. The van der Waals surface area contributed by atoms with E-state index in [-0.39, 0.29) is 0 Å². The molecule has 0 aliphatic carbocycles. The summed E-state index contributed by atoms with van der Waals surface area (Å²) < 4.78 is 2.00. The Morgan fingerprint density at radius 2 is 2.00 bits per heavy atom. The van der Waals surface area contributed by atoms with Crippen molar-refractivity contribution in [1.82, 2.24) is 9.55 Å². The third-order valence-corrected chi connectivity index (χ3v) is 3.45. The fourth-order valence-electron chi connectivity index (χ4n) is 2.02. The minimum atomic E-state index is 0.567. The summed E-state index contributed by atoms with van der Waals surface area (Å²) in [5.74, 6) is 1.62. The van der Waals surface area contributed by atoms with Crippen molar-refractivity contribution >= 4 is 29.0 Å². The summed E-state index contributed by atoms with van der Waals surface area (Å²) >= 11 is 12.1. The van der Waals surface area contributed by atoms with Gasteiger partial charge in [0, 0.05) is 23.6 Å². The van der Waals surface area contributed by atoms with Crippen molar-refractivity contribution in [3.8, 4) is 11.3 Å². The first-order valence-corrected chi connectivity index (χ1v) is 6.64. The largest absolute Gasteiger partial charge is 0.383 e. The Balaban J connectivity index is 2.60. The first-order valence-electron chi connectivity index (χ1n) is 5.88. The molecule has 0 aliphatic rings. The van der Waals surface area contributed by atoms with Crippen LogP contribution < -0.4 is 5.73 Å². The van der Waals surface area contributed by atoms with Crippen molar-refractivity contribution in [1.29, 1.82) is 0 Å². The number of nitrogens with zero attached hydrogens (tertiary/aromatic N) is 2. The van der Waals surface area contributed by atoms with Crippen LogP contribution in [0.25, 0.3) is 11.3 Å². The number of rotatable bonds is 3. The quantitative estimate of drug-likeness (QED) is 0.925. The number of aromatic nitrogens is 2. The number of aryl methyl sites for hydroxylation is 1. The van der Waals surface area contributed by atoms with E-state index < -0.39 is 0 Å². The SMILES string of the molecule is CCc1nc(-c2ccc(Cl)cc2Cl)c(N)n1CC. The van der Waals surface area contributed by atoms with Gasteiger partial charge in [0.25, 0.3) is 0 Å². The predicted octanol–water partition coefficient (Wildman–Crippen LogP) is 4.02. The van der Waals surface area contributed by atoms with Gasteiger partial charge in [-0.1, -0.05) is 30.1 Å². The van der Waals surface area contributed by atoms with Gasteiger partial charge in [0.05, 0.1) is 5.02 Å². The van der Waals surface area contributed by atoms with E-state index in [1.807, 2.05) is 17.6 Å². The van der Waals surface area contributed by atoms with Crippen molar-refractivity contribution in [3.63, 3.8) is 0 Å². The Bertz CT molecular complexity index is 576. The number of anilines is 1. The molecule has 1 heterocycles. The lowest BCUT2D eigenvalue weighted by molar-refractivity contribution is 0.713. The van der Waals surface area contributed by atoms with Crippen LogP contribution in [0.2, 0.25) is 10.0 Å². The molecular formula is C13H15Cl2N3. The molecule has 0 spiro atoms. The Labute approximate surface area is 117 Å². The van der Waals surface area contributed by atoms with Gasteiger partial charge in [0.2, 0.25) is 0 Å². The zero-order valence-corrected chi connectivity index (χ0v) is 11.9. The van der Waals surface area contributed by atoms with Gasteiger partial charge in [-0.2, -0.15) is 0 Å². The second-order valence-corrected chi connectivity index (χ2v) is 4.83. The van der Waals surface area contributed by atoms with Gasteiger partial charge in [-0.25, -0.2) is 4.98 Å². The number of hydrogen-bond donors (Lipinski definition) is 1. The highest BCUT2D eigenvalue weighted by Crippen LogP contribution is 2.33. The minimum Gasteiger partial charge on any atom is -0.383 e. The van der Waals surface area contributed by atoms with Gasteiger partial charge >= 0.3 is 0 Å². The fourth-order valence-corrected chi connectivity index (χ4v) is 2.51. The molecule has 3 nitrogen and oxygen atoms in total. The van der Waals surface area contributed by atoms with Gasteiger partial charge in [0.1, 0.15) is 17.3 Å². The summed E-state index contributed by atoms with van der Waals surface area (Å²) in [5.41, 5.74) is 7.69. The van der Waals surface area contributed by atoms with Crippen LogP contribution in [0, 0.1) is 0 Å². The molecule has 18 heavy (non-hydrogen) atoms. The molecule has 2 rings (SSSR count). The van der Waals surface area contributed by atoms with Crippen molar-refractivity contribution in [2.24, 2.45) is 0 Å². The van der Waals surface area contributed by atoms with Crippen molar-refractivity contribution in [3.05, 3.63) is 34.1 Å². The summed E-state index contributed by atoms with van der Waals surface area (Å²) in [4.78, 5) is 4.57. The number of hydrogen-bond acceptors (Lipinski definition) is 2. The number of imidazole rings is 1. The molecule has 96 valence electrons. The molecule has 0 radical (unpaired) electrons. The minimum absolute atomic E-state index is 0.567. The summed E-state index contributed by atoms with van der Waals surface area (Å²) in [6.45, 7) is 4.90. The highest BCUT2D eigenvalue weighted by atomic mass is 35.5. The summed E-state index contributed by atoms with van der Waals surface area (Å²) in [6.07, 6.45) is 0.837. The highest BCUT2D eigenvalue weighted by molar-refractivity contribution is 6.36. The van der Waals surface area contributed by atoms with E-state index in [9.17, 15) is 0 Å². The zero-order chi connectivity index (χ0) is 13.3. The molecule has 5 heteroatoms. The maximum Gasteiger partial charge on any atom is 0.131 e. The molecule has 0 fully saturated rings. The van der Waals surface area contributed by atoms with Crippen molar-refractivity contribution < 1.29 is 0 Å². The molecule has 0 amide bonds. The maximum atomic E-state index is 6.19. The van der Waals surface area contributed by atoms with Crippen LogP contribution in [-0.2, 0) is 13.0 Å². The molecule has 2 aromatic rings. The lowest BCUT2D eigenvalue weighted by atomic mass is 10.1. The van der Waals surface area contributed by atoms with Gasteiger partial charge in [-0.15, -0.1) is 0 Å². The van der Waals surface area contributed by atoms with Crippen LogP contribution >= 0.6 is 23.2 Å². The highest BCUT2D eigenvalue weighted by Gasteiger charge is 2.16. The summed E-state index contributed by atoms with van der Waals surface area (Å²) in [6, 6.07) is 5.34. The van der Waals surface area contributed by atoms with Gasteiger partial charge in [-0.05, 0) is 25.1 Å². The van der Waals surface area contributed by atoms with E-state index in [1.54, 1.807) is 12.1 Å². The van der Waals surface area contributed by atoms with Gasteiger partial charge in [0.15, 0.2) is 0 Å². The molecule has 1 aromatic heterocycles. The lowest BCUT2D eigenvalue weighted by Crippen LogP contribution is -2.04. The second-order valence-electron chi connectivity index (χ2n) is 3.98. The third-order valence-electron chi connectivity index (χ3n) is 2.90. The number of nitrogen functional groups attached to an aromatic ring is 1. The summed E-state index contributed by atoms with van der Waals surface area (Å²) in [7, 11) is 0. The fraction of sp³-hybridized carbons (Fsp3) is 0.308. The van der Waals surface area contributed by atoms with Crippen LogP contribution in [0.5, 0.6) is 0 Å². The maximum absolute atomic E-state index is 6.19. The van der Waals surface area contributed by atoms with Gasteiger partial charge in [-0.3, -0.25) is 0 Å². The first-order chi connectivity index (χ1) is 8.58. The number of benzene rings is 1. The van der Waals surface area contributed by atoms with E-state index in [1.165, 1.54) is 0 Å². The smallest absolute Gasteiger partial charge is 0.131 e. The molecular weight excluding hydrogens is 269 g/mol. The van der Waals surface area contributed by atoms with Crippen molar-refractivity contribution in [2.45, 2.75) is 26.8 Å².